The van der Waals surface area contributed by atoms with Gasteiger partial charge in [-0.05, 0) is 66.3 Å². The molecule has 0 aromatic heterocycles. The minimum absolute atomic E-state index is 0.196. The number of carbonyl (C=O) groups excluding carboxylic acids is 1. The van der Waals surface area contributed by atoms with E-state index >= 15 is 0 Å². The summed E-state index contributed by atoms with van der Waals surface area (Å²) in [5.41, 5.74) is 4.40. The van der Waals surface area contributed by atoms with Gasteiger partial charge in [0.2, 0.25) is 11.2 Å². The molecule has 0 fully saturated rings. The predicted molar refractivity (Wildman–Crippen MR) is 134 cm³/mol. The number of hydrogen-bond donors (Lipinski definition) is 1. The lowest BCUT2D eigenvalue weighted by atomic mass is 9.95. The molecule has 0 radical (unpaired) electrons. The van der Waals surface area contributed by atoms with Crippen LogP contribution in [0.1, 0.15) is 39.5 Å². The molecule has 0 spiro atoms. The number of fused-ring (bicyclic) bond motifs is 3. The van der Waals surface area contributed by atoms with E-state index in [4.69, 9.17) is 18.9 Å². The van der Waals surface area contributed by atoms with Crippen molar-refractivity contribution in [1.29, 1.82) is 0 Å². The lowest BCUT2D eigenvalue weighted by Crippen LogP contribution is -2.29. The summed E-state index contributed by atoms with van der Waals surface area (Å²) < 4.78 is 22.3. The SMILES string of the molecule is COc1cc2c(c(OC)c1OC)-c1ccc(OC)c(=O)cc1[C@@H](NC(=O)c1ccccc1C)CC2. The molecule has 1 aliphatic rings. The molecule has 0 heterocycles. The zero-order valence-corrected chi connectivity index (χ0v) is 20.6. The summed E-state index contributed by atoms with van der Waals surface area (Å²) in [6.07, 6.45) is 1.19. The number of amides is 1. The van der Waals surface area contributed by atoms with Crippen molar-refractivity contribution >= 4 is 5.91 Å². The van der Waals surface area contributed by atoms with Crippen LogP contribution >= 0.6 is 0 Å². The summed E-state index contributed by atoms with van der Waals surface area (Å²) in [7, 11) is 6.16. The Bertz CT molecular complexity index is 1330. The van der Waals surface area contributed by atoms with Crippen LogP contribution in [0.3, 0.4) is 0 Å². The van der Waals surface area contributed by atoms with Crippen molar-refractivity contribution in [2.45, 2.75) is 25.8 Å². The second kappa shape index (κ2) is 10.1. The highest BCUT2D eigenvalue weighted by Gasteiger charge is 2.30. The van der Waals surface area contributed by atoms with E-state index in [0.717, 1.165) is 22.3 Å². The van der Waals surface area contributed by atoms with Crippen molar-refractivity contribution in [1.82, 2.24) is 5.32 Å². The maximum absolute atomic E-state index is 13.3. The Labute approximate surface area is 204 Å². The van der Waals surface area contributed by atoms with Gasteiger partial charge < -0.3 is 24.3 Å². The first-order valence-corrected chi connectivity index (χ1v) is 11.3. The van der Waals surface area contributed by atoms with Gasteiger partial charge in [0.15, 0.2) is 17.2 Å². The molecule has 1 N–H and O–H groups in total. The molecule has 7 nitrogen and oxygen atoms in total. The normalized spacial score (nSPS) is 14.1. The molecule has 1 atom stereocenters. The van der Waals surface area contributed by atoms with E-state index in [2.05, 4.69) is 5.32 Å². The molecule has 182 valence electrons. The molecule has 4 rings (SSSR count). The van der Waals surface area contributed by atoms with E-state index in [1.54, 1.807) is 39.5 Å². The van der Waals surface area contributed by atoms with Crippen molar-refractivity contribution in [2.75, 3.05) is 28.4 Å². The molecule has 3 aromatic carbocycles. The average Bonchev–Trinajstić information content (AvgIpc) is 3.11. The predicted octanol–water partition coefficient (Wildman–Crippen LogP) is 4.47. The Balaban J connectivity index is 1.95. The van der Waals surface area contributed by atoms with E-state index in [1.807, 2.05) is 37.3 Å². The number of aryl methyl sites for hydroxylation is 2. The summed E-state index contributed by atoms with van der Waals surface area (Å²) in [5.74, 6) is 1.53. The number of carbonyl (C=O) groups is 1. The Hall–Kier alpha value is -4.00. The monoisotopic (exact) mass is 475 g/mol. The van der Waals surface area contributed by atoms with Crippen LogP contribution in [0, 0.1) is 6.92 Å². The van der Waals surface area contributed by atoms with Gasteiger partial charge in [-0.1, -0.05) is 24.3 Å². The van der Waals surface area contributed by atoms with Crippen LogP contribution in [-0.4, -0.2) is 34.3 Å². The standard InChI is InChI=1S/C28H29NO6/c1-16-8-6-7-9-18(16)28(31)29-21-12-10-17-14-24(33-3)26(34-4)27(35-5)25(17)19-11-13-23(32-2)22(30)15-20(19)21/h6-9,11,13-15,21H,10,12H2,1-5H3,(H,29,31)/t21-/m0/s1. The van der Waals surface area contributed by atoms with E-state index in [0.29, 0.717) is 41.2 Å². The highest BCUT2D eigenvalue weighted by molar-refractivity contribution is 5.96. The molecular formula is C28H29NO6. The first-order chi connectivity index (χ1) is 16.9. The molecule has 0 bridgehead atoms. The van der Waals surface area contributed by atoms with Crippen LogP contribution < -0.4 is 29.7 Å². The molecular weight excluding hydrogens is 446 g/mol. The lowest BCUT2D eigenvalue weighted by molar-refractivity contribution is 0.0934. The largest absolute Gasteiger partial charge is 0.493 e. The highest BCUT2D eigenvalue weighted by atomic mass is 16.5. The van der Waals surface area contributed by atoms with Crippen LogP contribution in [0.5, 0.6) is 23.0 Å². The van der Waals surface area contributed by atoms with Crippen LogP contribution in [0.4, 0.5) is 0 Å². The fourth-order valence-electron chi connectivity index (χ4n) is 4.68. The smallest absolute Gasteiger partial charge is 0.252 e. The second-order valence-electron chi connectivity index (χ2n) is 8.34. The Morgan fingerprint density at radius 1 is 0.886 bits per heavy atom. The Kier molecular flexibility index (Phi) is 6.96. The summed E-state index contributed by atoms with van der Waals surface area (Å²) in [4.78, 5) is 26.2. The fraction of sp³-hybridized carbons (Fsp3) is 0.286. The molecule has 7 heteroatoms. The van der Waals surface area contributed by atoms with E-state index < -0.39 is 6.04 Å². The first-order valence-electron chi connectivity index (χ1n) is 11.3. The zero-order chi connectivity index (χ0) is 25.1. The van der Waals surface area contributed by atoms with Gasteiger partial charge in [-0.25, -0.2) is 0 Å². The van der Waals surface area contributed by atoms with Crippen molar-refractivity contribution in [2.24, 2.45) is 0 Å². The van der Waals surface area contributed by atoms with Crippen LogP contribution in [0.15, 0.2) is 53.3 Å². The van der Waals surface area contributed by atoms with E-state index in [-0.39, 0.29) is 17.1 Å². The van der Waals surface area contributed by atoms with Gasteiger partial charge in [0.25, 0.3) is 5.91 Å². The maximum atomic E-state index is 13.3. The first kappa shape index (κ1) is 24.1. The molecule has 0 saturated carbocycles. The number of benzene rings is 2. The van der Waals surface area contributed by atoms with Gasteiger partial charge in [0.1, 0.15) is 0 Å². The van der Waals surface area contributed by atoms with Crippen molar-refractivity contribution < 1.29 is 23.7 Å². The van der Waals surface area contributed by atoms with Crippen molar-refractivity contribution in [3.05, 3.63) is 81.0 Å². The average molecular weight is 476 g/mol. The van der Waals surface area contributed by atoms with Gasteiger partial charge in [-0.2, -0.15) is 0 Å². The third-order valence-corrected chi connectivity index (χ3v) is 6.42. The summed E-state index contributed by atoms with van der Waals surface area (Å²) >= 11 is 0. The summed E-state index contributed by atoms with van der Waals surface area (Å²) in [6, 6.07) is 14.0. The number of rotatable bonds is 6. The van der Waals surface area contributed by atoms with Gasteiger partial charge in [-0.3, -0.25) is 9.59 Å². The third kappa shape index (κ3) is 4.41. The lowest BCUT2D eigenvalue weighted by Gasteiger charge is -2.20. The maximum Gasteiger partial charge on any atom is 0.252 e. The highest BCUT2D eigenvalue weighted by Crippen LogP contribution is 2.50. The van der Waals surface area contributed by atoms with Gasteiger partial charge in [-0.15, -0.1) is 0 Å². The van der Waals surface area contributed by atoms with Gasteiger partial charge in [0.05, 0.1) is 34.5 Å². The molecule has 1 amide bonds. The second-order valence-corrected chi connectivity index (χ2v) is 8.34. The van der Waals surface area contributed by atoms with Crippen molar-refractivity contribution in [3.63, 3.8) is 0 Å². The minimum Gasteiger partial charge on any atom is -0.493 e. The molecule has 1 aliphatic carbocycles. The van der Waals surface area contributed by atoms with Crippen LogP contribution in [0.2, 0.25) is 0 Å². The number of methoxy groups -OCH3 is 4. The number of hydrogen-bond acceptors (Lipinski definition) is 6. The van der Waals surface area contributed by atoms with Crippen LogP contribution in [0.25, 0.3) is 11.1 Å². The molecule has 35 heavy (non-hydrogen) atoms. The summed E-state index contributed by atoms with van der Waals surface area (Å²) in [6.45, 7) is 1.90. The number of ether oxygens (including phenoxy) is 4. The molecule has 0 aliphatic heterocycles. The van der Waals surface area contributed by atoms with Gasteiger partial charge in [0, 0.05) is 11.1 Å². The van der Waals surface area contributed by atoms with E-state index in [1.165, 1.54) is 7.11 Å². The van der Waals surface area contributed by atoms with Gasteiger partial charge >= 0.3 is 0 Å². The van der Waals surface area contributed by atoms with Crippen LogP contribution in [-0.2, 0) is 6.42 Å². The zero-order valence-electron chi connectivity index (χ0n) is 20.6. The quantitative estimate of drug-likeness (QED) is 0.566. The number of nitrogens with one attached hydrogen (secondary N) is 1. The fourth-order valence-corrected chi connectivity index (χ4v) is 4.68. The van der Waals surface area contributed by atoms with Crippen molar-refractivity contribution in [3.8, 4) is 34.1 Å². The molecule has 3 aromatic rings. The summed E-state index contributed by atoms with van der Waals surface area (Å²) in [5, 5.41) is 3.16. The topological polar surface area (TPSA) is 83.1 Å². The third-order valence-electron chi connectivity index (χ3n) is 6.42. The van der Waals surface area contributed by atoms with E-state index in [9.17, 15) is 9.59 Å². The molecule has 0 saturated heterocycles. The Morgan fingerprint density at radius 3 is 2.26 bits per heavy atom. The minimum atomic E-state index is -0.420. The molecule has 0 unspecified atom stereocenters. The Morgan fingerprint density at radius 2 is 1.60 bits per heavy atom.